The third-order valence-corrected chi connectivity index (χ3v) is 3.91. The Bertz CT molecular complexity index is 362. The molecule has 1 spiro atoms. The molecule has 2 aliphatic heterocycles. The van der Waals surface area contributed by atoms with Crippen molar-refractivity contribution in [3.63, 3.8) is 0 Å². The molecule has 0 saturated carbocycles. The molecule has 0 unspecified atom stereocenters. The van der Waals surface area contributed by atoms with Gasteiger partial charge in [-0.2, -0.15) is 0 Å². The summed E-state index contributed by atoms with van der Waals surface area (Å²) in [6, 6.07) is 0. The number of nitrogens with one attached hydrogen (secondary N) is 1. The summed E-state index contributed by atoms with van der Waals surface area (Å²) in [4.78, 5) is 26.1. The van der Waals surface area contributed by atoms with Crippen molar-refractivity contribution in [2.24, 2.45) is 5.41 Å². The van der Waals surface area contributed by atoms with E-state index in [-0.39, 0.29) is 11.3 Å². The van der Waals surface area contributed by atoms with Crippen LogP contribution in [0.15, 0.2) is 0 Å². The molecule has 0 aliphatic carbocycles. The van der Waals surface area contributed by atoms with Gasteiger partial charge in [0.05, 0.1) is 5.41 Å². The maximum absolute atomic E-state index is 12.6. The number of nitrogens with zero attached hydrogens (tertiary/aromatic N) is 1. The first-order chi connectivity index (χ1) is 8.84. The van der Waals surface area contributed by atoms with E-state index >= 15 is 0 Å². The molecule has 2 aliphatic rings. The van der Waals surface area contributed by atoms with E-state index in [0.717, 1.165) is 38.8 Å². The van der Waals surface area contributed by atoms with Gasteiger partial charge in [0.15, 0.2) is 0 Å². The quantitative estimate of drug-likeness (QED) is 0.729. The first kappa shape index (κ1) is 14.3. The van der Waals surface area contributed by atoms with Crippen molar-refractivity contribution in [3.8, 4) is 0 Å². The first-order valence-electron chi connectivity index (χ1n) is 7.10. The number of imide groups is 1. The van der Waals surface area contributed by atoms with E-state index < -0.39 is 11.7 Å². The molecule has 2 rings (SSSR count). The predicted octanol–water partition coefficient (Wildman–Crippen LogP) is 1.91. The van der Waals surface area contributed by atoms with Gasteiger partial charge in [0.1, 0.15) is 5.60 Å². The summed E-state index contributed by atoms with van der Waals surface area (Å²) in [5.41, 5.74) is -0.892. The van der Waals surface area contributed by atoms with Gasteiger partial charge in [-0.1, -0.05) is 0 Å². The largest absolute Gasteiger partial charge is 0.443 e. The summed E-state index contributed by atoms with van der Waals surface area (Å²) >= 11 is 0. The Morgan fingerprint density at radius 2 is 1.89 bits per heavy atom. The van der Waals surface area contributed by atoms with Crippen molar-refractivity contribution in [3.05, 3.63) is 0 Å². The third-order valence-electron chi connectivity index (χ3n) is 3.91. The van der Waals surface area contributed by atoms with Crippen LogP contribution < -0.4 is 5.32 Å². The molecule has 5 heteroatoms. The van der Waals surface area contributed by atoms with Crippen molar-refractivity contribution in [1.29, 1.82) is 0 Å². The highest BCUT2D eigenvalue weighted by atomic mass is 16.6. The molecule has 2 saturated heterocycles. The number of piperidine rings is 2. The van der Waals surface area contributed by atoms with Crippen LogP contribution in [0, 0.1) is 5.41 Å². The SMILES string of the molecule is CC(C)(C)OC(=O)N1CCCC2(CCNCC2)C1=O. The lowest BCUT2D eigenvalue weighted by Gasteiger charge is -2.43. The Morgan fingerprint density at radius 3 is 2.47 bits per heavy atom. The first-order valence-corrected chi connectivity index (χ1v) is 7.10. The second-order valence-corrected chi connectivity index (χ2v) is 6.57. The lowest BCUT2D eigenvalue weighted by Crippen LogP contribution is -2.55. The maximum Gasteiger partial charge on any atom is 0.417 e. The number of carbonyl (C=O) groups is 2. The Morgan fingerprint density at radius 1 is 1.26 bits per heavy atom. The molecule has 2 heterocycles. The van der Waals surface area contributed by atoms with E-state index in [1.807, 2.05) is 20.8 Å². The van der Waals surface area contributed by atoms with E-state index in [0.29, 0.717) is 6.54 Å². The molecule has 0 atom stereocenters. The van der Waals surface area contributed by atoms with Gasteiger partial charge in [0.2, 0.25) is 5.91 Å². The fourth-order valence-corrected chi connectivity index (χ4v) is 2.93. The summed E-state index contributed by atoms with van der Waals surface area (Å²) in [5.74, 6) is -0.0329. The van der Waals surface area contributed by atoms with E-state index in [9.17, 15) is 9.59 Å². The lowest BCUT2D eigenvalue weighted by atomic mass is 9.72. The Hall–Kier alpha value is -1.10. The fourth-order valence-electron chi connectivity index (χ4n) is 2.93. The van der Waals surface area contributed by atoms with Crippen LogP contribution >= 0.6 is 0 Å². The normalized spacial score (nSPS) is 23.5. The van der Waals surface area contributed by atoms with Crippen LogP contribution in [0.1, 0.15) is 46.5 Å². The Labute approximate surface area is 114 Å². The number of rotatable bonds is 0. The number of carbonyl (C=O) groups excluding carboxylic acids is 2. The van der Waals surface area contributed by atoms with Crippen molar-refractivity contribution in [2.45, 2.75) is 52.1 Å². The minimum atomic E-state index is -0.559. The van der Waals surface area contributed by atoms with Crippen LogP contribution in [0.5, 0.6) is 0 Å². The van der Waals surface area contributed by atoms with Crippen molar-refractivity contribution in [1.82, 2.24) is 10.2 Å². The maximum atomic E-state index is 12.6. The molecule has 0 aromatic rings. The smallest absolute Gasteiger partial charge is 0.417 e. The number of amides is 2. The van der Waals surface area contributed by atoms with Gasteiger partial charge in [0, 0.05) is 6.54 Å². The highest BCUT2D eigenvalue weighted by Gasteiger charge is 2.46. The van der Waals surface area contributed by atoms with Crippen LogP contribution in [-0.2, 0) is 9.53 Å². The highest BCUT2D eigenvalue weighted by Crippen LogP contribution is 2.39. The summed E-state index contributed by atoms with van der Waals surface area (Å²) in [5, 5.41) is 3.27. The van der Waals surface area contributed by atoms with Crippen LogP contribution in [-0.4, -0.2) is 42.1 Å². The van der Waals surface area contributed by atoms with Crippen molar-refractivity contribution >= 4 is 12.0 Å². The molecule has 0 aromatic heterocycles. The fraction of sp³-hybridized carbons (Fsp3) is 0.857. The van der Waals surface area contributed by atoms with E-state index in [4.69, 9.17) is 4.74 Å². The molecule has 2 amide bonds. The lowest BCUT2D eigenvalue weighted by molar-refractivity contribution is -0.147. The molecule has 1 N–H and O–H groups in total. The third kappa shape index (κ3) is 3.08. The molecule has 19 heavy (non-hydrogen) atoms. The zero-order valence-corrected chi connectivity index (χ0v) is 12.1. The van der Waals surface area contributed by atoms with Crippen molar-refractivity contribution < 1.29 is 14.3 Å². The number of ether oxygens (including phenoxy) is 1. The number of hydrogen-bond donors (Lipinski definition) is 1. The highest BCUT2D eigenvalue weighted by molar-refractivity contribution is 5.96. The van der Waals surface area contributed by atoms with Gasteiger partial charge >= 0.3 is 6.09 Å². The average molecular weight is 268 g/mol. The minimum Gasteiger partial charge on any atom is -0.443 e. The molecule has 0 radical (unpaired) electrons. The second kappa shape index (κ2) is 5.12. The number of hydrogen-bond acceptors (Lipinski definition) is 4. The average Bonchev–Trinajstić information content (AvgIpc) is 2.32. The van der Waals surface area contributed by atoms with Gasteiger partial charge in [-0.25, -0.2) is 9.69 Å². The van der Waals surface area contributed by atoms with Crippen molar-refractivity contribution in [2.75, 3.05) is 19.6 Å². The number of likely N-dealkylation sites (tertiary alicyclic amines) is 1. The van der Waals surface area contributed by atoms with Gasteiger partial charge in [-0.15, -0.1) is 0 Å². The zero-order valence-electron chi connectivity index (χ0n) is 12.1. The zero-order chi connectivity index (χ0) is 14.1. The molecule has 2 fully saturated rings. The molecular formula is C14H24N2O3. The Kier molecular flexibility index (Phi) is 3.85. The molecule has 108 valence electrons. The van der Waals surface area contributed by atoms with Gasteiger partial charge in [-0.05, 0) is 59.5 Å². The summed E-state index contributed by atoms with van der Waals surface area (Å²) in [6.07, 6.45) is 2.93. The van der Waals surface area contributed by atoms with Crippen LogP contribution in [0.4, 0.5) is 4.79 Å². The molecular weight excluding hydrogens is 244 g/mol. The second-order valence-electron chi connectivity index (χ2n) is 6.57. The standard InChI is InChI=1S/C14H24N2O3/c1-13(2,3)19-12(18)16-10-4-5-14(11(16)17)6-8-15-9-7-14/h15H,4-10H2,1-3H3. The monoisotopic (exact) mass is 268 g/mol. The minimum absolute atomic E-state index is 0.0329. The predicted molar refractivity (Wildman–Crippen MR) is 71.7 cm³/mol. The van der Waals surface area contributed by atoms with Gasteiger partial charge in [0.25, 0.3) is 0 Å². The van der Waals surface area contributed by atoms with E-state index in [2.05, 4.69) is 5.32 Å². The van der Waals surface area contributed by atoms with Gasteiger partial charge < -0.3 is 10.1 Å². The summed E-state index contributed by atoms with van der Waals surface area (Å²) in [7, 11) is 0. The molecule has 0 aromatic carbocycles. The topological polar surface area (TPSA) is 58.6 Å². The molecule has 0 bridgehead atoms. The van der Waals surface area contributed by atoms with E-state index in [1.54, 1.807) is 0 Å². The van der Waals surface area contributed by atoms with Gasteiger partial charge in [-0.3, -0.25) is 4.79 Å². The summed E-state index contributed by atoms with van der Waals surface area (Å²) in [6.45, 7) is 7.66. The van der Waals surface area contributed by atoms with E-state index in [1.165, 1.54) is 4.90 Å². The summed E-state index contributed by atoms with van der Waals surface area (Å²) < 4.78 is 5.33. The Balaban J connectivity index is 2.09. The molecule has 5 nitrogen and oxygen atoms in total. The van der Waals surface area contributed by atoms with Crippen LogP contribution in [0.3, 0.4) is 0 Å². The van der Waals surface area contributed by atoms with Crippen LogP contribution in [0.25, 0.3) is 0 Å². The van der Waals surface area contributed by atoms with Crippen LogP contribution in [0.2, 0.25) is 0 Å².